The highest BCUT2D eigenvalue weighted by molar-refractivity contribution is 5.57. The number of rotatable bonds is 2. The lowest BCUT2D eigenvalue weighted by Gasteiger charge is -2.05. The van der Waals surface area contributed by atoms with Crippen LogP contribution in [0.2, 0.25) is 0 Å². The summed E-state index contributed by atoms with van der Waals surface area (Å²) in [5.41, 5.74) is 5.34. The van der Waals surface area contributed by atoms with Gasteiger partial charge in [0.15, 0.2) is 0 Å². The molecular formula is C10H9F3N4O. The van der Waals surface area contributed by atoms with Gasteiger partial charge in [-0.2, -0.15) is 18.3 Å². The molecule has 1 aromatic carbocycles. The average Bonchev–Trinajstić information content (AvgIpc) is 2.59. The summed E-state index contributed by atoms with van der Waals surface area (Å²) in [6.45, 7) is -1.43. The van der Waals surface area contributed by atoms with Gasteiger partial charge in [-0.15, -0.1) is 0 Å². The Morgan fingerprint density at radius 2 is 1.94 bits per heavy atom. The minimum atomic E-state index is -4.49. The van der Waals surface area contributed by atoms with E-state index in [1.807, 2.05) is 0 Å². The molecule has 2 aromatic rings. The van der Waals surface area contributed by atoms with Crippen LogP contribution in [0.1, 0.15) is 0 Å². The minimum absolute atomic E-state index is 0.283. The fraction of sp³-hybridized carbons (Fsp3) is 0.200. The van der Waals surface area contributed by atoms with Crippen LogP contribution < -0.4 is 11.4 Å². The molecule has 0 fully saturated rings. The lowest BCUT2D eigenvalue weighted by Crippen LogP contribution is -2.30. The van der Waals surface area contributed by atoms with Crippen molar-refractivity contribution in [1.82, 2.24) is 14.3 Å². The predicted molar refractivity (Wildman–Crippen MR) is 58.3 cm³/mol. The van der Waals surface area contributed by atoms with E-state index >= 15 is 0 Å². The average molecular weight is 258 g/mol. The Morgan fingerprint density at radius 3 is 2.56 bits per heavy atom. The molecule has 1 aromatic heterocycles. The molecule has 0 amide bonds. The van der Waals surface area contributed by atoms with E-state index in [1.54, 1.807) is 18.2 Å². The van der Waals surface area contributed by atoms with Gasteiger partial charge in [0.25, 0.3) is 0 Å². The second-order valence-corrected chi connectivity index (χ2v) is 3.62. The Bertz CT molecular complexity index is 614. The maximum atomic E-state index is 12.2. The van der Waals surface area contributed by atoms with Gasteiger partial charge < -0.3 is 5.73 Å². The number of aromatic nitrogens is 3. The third kappa shape index (κ3) is 2.36. The second kappa shape index (κ2) is 4.21. The van der Waals surface area contributed by atoms with Crippen LogP contribution in [0.25, 0.3) is 5.69 Å². The highest BCUT2D eigenvalue weighted by Gasteiger charge is 2.30. The van der Waals surface area contributed by atoms with Crippen LogP contribution in [-0.2, 0) is 6.54 Å². The molecule has 0 radical (unpaired) electrons. The van der Waals surface area contributed by atoms with E-state index in [0.29, 0.717) is 10.4 Å². The molecule has 0 saturated heterocycles. The van der Waals surface area contributed by atoms with Crippen LogP contribution >= 0.6 is 0 Å². The van der Waals surface area contributed by atoms with Gasteiger partial charge in [0.1, 0.15) is 12.9 Å². The summed E-state index contributed by atoms with van der Waals surface area (Å²) < 4.78 is 37.8. The van der Waals surface area contributed by atoms with Crippen LogP contribution in [0, 0.1) is 0 Å². The van der Waals surface area contributed by atoms with Crippen molar-refractivity contribution in [2.75, 3.05) is 5.73 Å². The number of hydrogen-bond donors (Lipinski definition) is 1. The number of para-hydroxylation sites is 2. The van der Waals surface area contributed by atoms with Crippen LogP contribution in [0.3, 0.4) is 0 Å². The number of hydrogen-bond acceptors (Lipinski definition) is 3. The first-order valence-corrected chi connectivity index (χ1v) is 4.94. The van der Waals surface area contributed by atoms with Crippen molar-refractivity contribution >= 4 is 5.69 Å². The number of benzene rings is 1. The first-order valence-electron chi connectivity index (χ1n) is 4.94. The monoisotopic (exact) mass is 258 g/mol. The first kappa shape index (κ1) is 12.2. The lowest BCUT2D eigenvalue weighted by molar-refractivity contribution is -0.143. The molecule has 96 valence electrons. The van der Waals surface area contributed by atoms with Crippen molar-refractivity contribution in [3.8, 4) is 5.69 Å². The zero-order valence-electron chi connectivity index (χ0n) is 9.05. The number of nitrogens with two attached hydrogens (primary N) is 1. The molecule has 5 nitrogen and oxygen atoms in total. The molecule has 0 aliphatic carbocycles. The highest BCUT2D eigenvalue weighted by atomic mass is 19.4. The number of nitrogens with zero attached hydrogens (tertiary/aromatic N) is 3. The molecule has 0 unspecified atom stereocenters. The molecule has 1 heterocycles. The summed E-state index contributed by atoms with van der Waals surface area (Å²) in [4.78, 5) is 11.7. The summed E-state index contributed by atoms with van der Waals surface area (Å²) >= 11 is 0. The van der Waals surface area contributed by atoms with Gasteiger partial charge in [-0.25, -0.2) is 14.0 Å². The zero-order chi connectivity index (χ0) is 13.3. The molecule has 18 heavy (non-hydrogen) atoms. The van der Waals surface area contributed by atoms with Crippen LogP contribution in [0.4, 0.5) is 18.9 Å². The fourth-order valence-corrected chi connectivity index (χ4v) is 1.49. The Kier molecular flexibility index (Phi) is 2.85. The van der Waals surface area contributed by atoms with E-state index in [2.05, 4.69) is 5.10 Å². The third-order valence-electron chi connectivity index (χ3n) is 2.26. The van der Waals surface area contributed by atoms with Gasteiger partial charge in [0.2, 0.25) is 0 Å². The molecule has 0 aliphatic rings. The zero-order valence-corrected chi connectivity index (χ0v) is 9.05. The van der Waals surface area contributed by atoms with Crippen molar-refractivity contribution in [2.24, 2.45) is 0 Å². The second-order valence-electron chi connectivity index (χ2n) is 3.62. The van der Waals surface area contributed by atoms with E-state index in [9.17, 15) is 18.0 Å². The van der Waals surface area contributed by atoms with Gasteiger partial charge in [0, 0.05) is 0 Å². The number of alkyl halides is 3. The lowest BCUT2D eigenvalue weighted by atomic mass is 10.3. The number of anilines is 1. The molecule has 0 atom stereocenters. The van der Waals surface area contributed by atoms with Crippen LogP contribution in [0.15, 0.2) is 35.4 Å². The maximum absolute atomic E-state index is 12.2. The summed E-state index contributed by atoms with van der Waals surface area (Å²) in [5.74, 6) is 0. The number of nitrogen functional groups attached to an aromatic ring is 1. The maximum Gasteiger partial charge on any atom is 0.408 e. The third-order valence-corrected chi connectivity index (χ3v) is 2.26. The van der Waals surface area contributed by atoms with Crippen molar-refractivity contribution in [3.05, 3.63) is 41.1 Å². The standard InChI is InChI=1S/C10H9F3N4O/c11-10(12,13)5-17-9(18)16(6-15-17)8-4-2-1-3-7(8)14/h1-4,6H,5,14H2. The predicted octanol–water partition coefficient (Wildman–Crippen LogP) is 1.18. The quantitative estimate of drug-likeness (QED) is 0.822. The summed E-state index contributed by atoms with van der Waals surface area (Å²) in [7, 11) is 0. The van der Waals surface area contributed by atoms with Gasteiger partial charge in [0.05, 0.1) is 11.4 Å². The van der Waals surface area contributed by atoms with Crippen molar-refractivity contribution in [2.45, 2.75) is 12.7 Å². The Hall–Kier alpha value is -2.25. The summed E-state index contributed by atoms with van der Waals surface area (Å²) in [6, 6.07) is 6.35. The largest absolute Gasteiger partial charge is 0.408 e. The highest BCUT2D eigenvalue weighted by Crippen LogP contribution is 2.17. The van der Waals surface area contributed by atoms with Crippen LogP contribution in [-0.4, -0.2) is 20.5 Å². The Morgan fingerprint density at radius 1 is 1.28 bits per heavy atom. The smallest absolute Gasteiger partial charge is 0.397 e. The summed E-state index contributed by atoms with van der Waals surface area (Å²) in [6.07, 6.45) is -3.48. The molecule has 0 bridgehead atoms. The molecule has 0 aliphatic heterocycles. The number of halogens is 3. The van der Waals surface area contributed by atoms with Gasteiger partial charge in [-0.3, -0.25) is 0 Å². The topological polar surface area (TPSA) is 65.8 Å². The van der Waals surface area contributed by atoms with Gasteiger partial charge in [-0.05, 0) is 12.1 Å². The molecule has 2 rings (SSSR count). The van der Waals surface area contributed by atoms with Crippen molar-refractivity contribution in [3.63, 3.8) is 0 Å². The van der Waals surface area contributed by atoms with Crippen molar-refractivity contribution < 1.29 is 13.2 Å². The first-order chi connectivity index (χ1) is 8.38. The molecule has 0 saturated carbocycles. The molecule has 0 spiro atoms. The van der Waals surface area contributed by atoms with E-state index in [1.165, 1.54) is 6.07 Å². The van der Waals surface area contributed by atoms with E-state index in [-0.39, 0.29) is 5.69 Å². The van der Waals surface area contributed by atoms with Gasteiger partial charge >= 0.3 is 11.9 Å². The fourth-order valence-electron chi connectivity index (χ4n) is 1.49. The minimum Gasteiger partial charge on any atom is -0.397 e. The summed E-state index contributed by atoms with van der Waals surface area (Å²) in [5, 5.41) is 3.41. The van der Waals surface area contributed by atoms with E-state index < -0.39 is 18.4 Å². The van der Waals surface area contributed by atoms with Crippen LogP contribution in [0.5, 0.6) is 0 Å². The van der Waals surface area contributed by atoms with E-state index in [0.717, 1.165) is 10.9 Å². The molecule has 8 heteroatoms. The molecular weight excluding hydrogens is 249 g/mol. The SMILES string of the molecule is Nc1ccccc1-n1cnn(CC(F)(F)F)c1=O. The Labute approximate surface area is 99.3 Å². The van der Waals surface area contributed by atoms with E-state index in [4.69, 9.17) is 5.73 Å². The molecule has 2 N–H and O–H groups in total. The van der Waals surface area contributed by atoms with Gasteiger partial charge in [-0.1, -0.05) is 12.1 Å². The Balaban J connectivity index is 2.44. The normalized spacial score (nSPS) is 11.7. The van der Waals surface area contributed by atoms with Crippen molar-refractivity contribution in [1.29, 1.82) is 0 Å².